The van der Waals surface area contributed by atoms with E-state index >= 15 is 0 Å². The minimum Gasteiger partial charge on any atom is -0.387 e. The van der Waals surface area contributed by atoms with Crippen LogP contribution in [0.4, 0.5) is 10.1 Å². The molecule has 0 aliphatic heterocycles. The molecule has 1 aromatic heterocycles. The van der Waals surface area contributed by atoms with E-state index in [2.05, 4.69) is 23.6 Å². The molecule has 1 heterocycles. The first-order chi connectivity index (χ1) is 11.3. The maximum Gasteiger partial charge on any atom is 0.132 e. The molecule has 0 amide bonds. The molecule has 0 saturated carbocycles. The zero-order chi connectivity index (χ0) is 17.9. The number of nitrogens with zero attached hydrogens (tertiary/aromatic N) is 2. The second-order valence-corrected chi connectivity index (χ2v) is 7.48. The first-order valence-electron chi connectivity index (χ1n) is 8.18. The average Bonchev–Trinajstić information content (AvgIpc) is 2.93. The molecule has 1 N–H and O–H groups in total. The minimum atomic E-state index is -1.38. The summed E-state index contributed by atoms with van der Waals surface area (Å²) in [5.41, 5.74) is 3.21. The molecule has 0 aliphatic carbocycles. The van der Waals surface area contributed by atoms with Crippen molar-refractivity contribution in [1.29, 1.82) is 0 Å². The lowest BCUT2D eigenvalue weighted by Crippen LogP contribution is -2.34. The molecule has 0 radical (unpaired) electrons. The smallest absolute Gasteiger partial charge is 0.132 e. The average molecular weight is 348 g/mol. The summed E-state index contributed by atoms with van der Waals surface area (Å²) in [6, 6.07) is 3.87. The molecule has 0 fully saturated rings. The Labute approximate surface area is 147 Å². The van der Waals surface area contributed by atoms with Crippen molar-refractivity contribution in [3.63, 3.8) is 0 Å². The number of aromatic nitrogens is 1. The Hall–Kier alpha value is -1.59. The topological polar surface area (TPSA) is 45.5 Å². The van der Waals surface area contributed by atoms with Crippen molar-refractivity contribution in [2.75, 3.05) is 0 Å². The molecule has 1 aromatic carbocycles. The van der Waals surface area contributed by atoms with Gasteiger partial charge in [0.15, 0.2) is 0 Å². The van der Waals surface area contributed by atoms with Gasteiger partial charge in [0.2, 0.25) is 0 Å². The number of benzene rings is 1. The maximum atomic E-state index is 14.3. The van der Waals surface area contributed by atoms with Crippen LogP contribution in [0.15, 0.2) is 22.5 Å². The Morgan fingerprint density at radius 2 is 2.12 bits per heavy atom. The van der Waals surface area contributed by atoms with E-state index in [1.165, 1.54) is 13.8 Å². The molecule has 5 heteroatoms. The van der Waals surface area contributed by atoms with Crippen molar-refractivity contribution in [2.24, 2.45) is 4.99 Å². The highest BCUT2D eigenvalue weighted by Gasteiger charge is 2.28. The van der Waals surface area contributed by atoms with Crippen LogP contribution in [0, 0.1) is 6.92 Å². The lowest BCUT2D eigenvalue weighted by molar-refractivity contribution is -0.00254. The molecule has 2 aromatic rings. The lowest BCUT2D eigenvalue weighted by atomic mass is 9.91. The fourth-order valence-electron chi connectivity index (χ4n) is 2.67. The number of alkyl halides is 1. The van der Waals surface area contributed by atoms with Crippen molar-refractivity contribution >= 4 is 23.7 Å². The largest absolute Gasteiger partial charge is 0.387 e. The zero-order valence-electron chi connectivity index (χ0n) is 14.8. The summed E-state index contributed by atoms with van der Waals surface area (Å²) in [7, 11) is 0. The highest BCUT2D eigenvalue weighted by atomic mass is 32.1. The Balaban J connectivity index is 2.52. The monoisotopic (exact) mass is 348 g/mol. The van der Waals surface area contributed by atoms with Crippen LogP contribution in [0.2, 0.25) is 0 Å². The summed E-state index contributed by atoms with van der Waals surface area (Å²) in [4.78, 5) is 8.77. The van der Waals surface area contributed by atoms with E-state index in [9.17, 15) is 9.50 Å². The highest BCUT2D eigenvalue weighted by molar-refractivity contribution is 7.13. The highest BCUT2D eigenvalue weighted by Crippen LogP contribution is 2.37. The minimum absolute atomic E-state index is 0.117. The molecule has 1 unspecified atom stereocenters. The standard InChI is InChI=1S/C19H25FN2OS/c1-6-7-14-15(18-22-12(2)11-24-18)9-8-13(17(14)21-5)10-16(20)19(3,4)23/h8-9,11,16,23H,5-7,10H2,1-4H3. The number of hydrogen-bond donors (Lipinski definition) is 1. The van der Waals surface area contributed by atoms with Crippen LogP contribution in [0.1, 0.15) is 44.0 Å². The van der Waals surface area contributed by atoms with E-state index in [1.807, 2.05) is 24.4 Å². The van der Waals surface area contributed by atoms with Gasteiger partial charge in [0.05, 0.1) is 11.3 Å². The fraction of sp³-hybridized carbons (Fsp3) is 0.474. The van der Waals surface area contributed by atoms with Gasteiger partial charge < -0.3 is 5.11 Å². The summed E-state index contributed by atoms with van der Waals surface area (Å²) in [5.74, 6) is 0. The third-order valence-electron chi connectivity index (χ3n) is 4.04. The number of thiazole rings is 1. The van der Waals surface area contributed by atoms with E-state index in [-0.39, 0.29) is 6.42 Å². The summed E-state index contributed by atoms with van der Waals surface area (Å²) in [6.45, 7) is 10.7. The van der Waals surface area contributed by atoms with Crippen LogP contribution in [-0.2, 0) is 12.8 Å². The Morgan fingerprint density at radius 3 is 2.62 bits per heavy atom. The summed E-state index contributed by atoms with van der Waals surface area (Å²) in [5, 5.41) is 12.9. The Kier molecular flexibility index (Phi) is 5.88. The van der Waals surface area contributed by atoms with Crippen molar-refractivity contribution in [3.8, 4) is 10.6 Å². The van der Waals surface area contributed by atoms with E-state index < -0.39 is 11.8 Å². The number of aliphatic hydroxyl groups is 1. The number of hydrogen-bond acceptors (Lipinski definition) is 4. The Morgan fingerprint density at radius 1 is 1.42 bits per heavy atom. The summed E-state index contributed by atoms with van der Waals surface area (Å²) in [6.07, 6.45) is 0.537. The third kappa shape index (κ3) is 4.08. The molecule has 2 rings (SSSR count). The van der Waals surface area contributed by atoms with Gasteiger partial charge >= 0.3 is 0 Å². The molecule has 1 atom stereocenters. The molecule has 0 aliphatic rings. The second kappa shape index (κ2) is 7.53. The normalized spacial score (nSPS) is 13.1. The van der Waals surface area contributed by atoms with Crippen LogP contribution >= 0.6 is 11.3 Å². The van der Waals surface area contributed by atoms with Gasteiger partial charge in [-0.1, -0.05) is 25.5 Å². The van der Waals surface area contributed by atoms with Gasteiger partial charge in [-0.25, -0.2) is 9.37 Å². The summed E-state index contributed by atoms with van der Waals surface area (Å²) < 4.78 is 14.3. The molecular formula is C19H25FN2OS. The maximum absolute atomic E-state index is 14.3. The number of rotatable bonds is 7. The second-order valence-electron chi connectivity index (χ2n) is 6.63. The van der Waals surface area contributed by atoms with E-state index in [0.717, 1.165) is 45.9 Å². The van der Waals surface area contributed by atoms with Crippen LogP contribution in [0.5, 0.6) is 0 Å². The SMILES string of the molecule is C=Nc1c(CC(F)C(C)(C)O)ccc(-c2nc(C)cs2)c1CCC. The number of aliphatic imine (C=N–C) groups is 1. The van der Waals surface area contributed by atoms with E-state index in [0.29, 0.717) is 0 Å². The van der Waals surface area contributed by atoms with Crippen LogP contribution in [0.3, 0.4) is 0 Å². The number of halogens is 1. The number of aryl methyl sites for hydroxylation is 1. The van der Waals surface area contributed by atoms with Crippen molar-refractivity contribution in [3.05, 3.63) is 34.3 Å². The van der Waals surface area contributed by atoms with E-state index in [4.69, 9.17) is 0 Å². The van der Waals surface area contributed by atoms with Gasteiger partial charge in [-0.3, -0.25) is 4.99 Å². The molecule has 0 bridgehead atoms. The first kappa shape index (κ1) is 18.7. The Bertz CT molecular complexity index is 719. The van der Waals surface area contributed by atoms with Crippen molar-refractivity contribution < 1.29 is 9.50 Å². The quantitative estimate of drug-likeness (QED) is 0.711. The predicted octanol–water partition coefficient (Wildman–Crippen LogP) is 5.05. The molecular weight excluding hydrogens is 323 g/mol. The molecule has 0 spiro atoms. The van der Waals surface area contributed by atoms with Gasteiger partial charge in [0.25, 0.3) is 0 Å². The van der Waals surface area contributed by atoms with E-state index in [1.54, 1.807) is 11.3 Å². The van der Waals surface area contributed by atoms with Gasteiger partial charge in [-0.05, 0) is 45.0 Å². The van der Waals surface area contributed by atoms with Crippen molar-refractivity contribution in [2.45, 2.75) is 58.7 Å². The summed E-state index contributed by atoms with van der Waals surface area (Å²) >= 11 is 1.60. The van der Waals surface area contributed by atoms with Gasteiger partial charge in [-0.2, -0.15) is 0 Å². The molecule has 130 valence electrons. The van der Waals surface area contributed by atoms with Gasteiger partial charge in [0, 0.05) is 23.1 Å². The molecule has 0 saturated heterocycles. The molecule has 3 nitrogen and oxygen atoms in total. The molecule has 24 heavy (non-hydrogen) atoms. The lowest BCUT2D eigenvalue weighted by Gasteiger charge is -2.23. The predicted molar refractivity (Wildman–Crippen MR) is 100 cm³/mol. The zero-order valence-corrected chi connectivity index (χ0v) is 15.6. The fourth-order valence-corrected chi connectivity index (χ4v) is 3.52. The van der Waals surface area contributed by atoms with Crippen LogP contribution < -0.4 is 0 Å². The van der Waals surface area contributed by atoms with Crippen LogP contribution in [0.25, 0.3) is 10.6 Å². The van der Waals surface area contributed by atoms with Gasteiger partial charge in [-0.15, -0.1) is 11.3 Å². The third-order valence-corrected chi connectivity index (χ3v) is 5.03. The van der Waals surface area contributed by atoms with Crippen LogP contribution in [-0.4, -0.2) is 28.6 Å². The first-order valence-corrected chi connectivity index (χ1v) is 9.06. The van der Waals surface area contributed by atoms with Crippen molar-refractivity contribution in [1.82, 2.24) is 4.98 Å². The van der Waals surface area contributed by atoms with Gasteiger partial charge in [0.1, 0.15) is 11.2 Å².